The zero-order chi connectivity index (χ0) is 13.5. The molecular weight excluding hydrogens is 238 g/mol. The van der Waals surface area contributed by atoms with Crippen LogP contribution in [0.15, 0.2) is 0 Å². The Morgan fingerprint density at radius 1 is 1.11 bits per heavy atom. The Labute approximate surface area is 106 Å². The summed E-state index contributed by atoms with van der Waals surface area (Å²) in [5.74, 6) is -0.837. The lowest BCUT2D eigenvalue weighted by Gasteiger charge is -2.34. The molecule has 7 nitrogen and oxygen atoms in total. The molecule has 0 aliphatic carbocycles. The number of carbonyl (C=O) groups excluding carboxylic acids is 2. The number of nitrogens with one attached hydrogen (secondary N) is 1. The molecule has 1 heterocycles. The van der Waals surface area contributed by atoms with Crippen molar-refractivity contribution in [2.75, 3.05) is 32.7 Å². The van der Waals surface area contributed by atoms with Crippen LogP contribution in [0, 0.1) is 0 Å². The van der Waals surface area contributed by atoms with Crippen LogP contribution >= 0.6 is 0 Å². The summed E-state index contributed by atoms with van der Waals surface area (Å²) in [6.07, 6.45) is 0.479. The van der Waals surface area contributed by atoms with Gasteiger partial charge in [0.1, 0.15) is 0 Å². The molecule has 1 fully saturated rings. The Morgan fingerprint density at radius 2 is 1.67 bits per heavy atom. The van der Waals surface area contributed by atoms with E-state index in [1.54, 1.807) is 9.80 Å². The Kier molecular flexibility index (Phi) is 5.41. The molecular formula is C11H19N3O4. The number of amides is 3. The van der Waals surface area contributed by atoms with Gasteiger partial charge in [-0.3, -0.25) is 9.59 Å². The lowest BCUT2D eigenvalue weighted by molar-refractivity contribution is -0.137. The minimum Gasteiger partial charge on any atom is -0.481 e. The maximum Gasteiger partial charge on any atom is 0.317 e. The van der Waals surface area contributed by atoms with Gasteiger partial charge in [0, 0.05) is 46.1 Å². The number of urea groups is 1. The van der Waals surface area contributed by atoms with Gasteiger partial charge in [-0.15, -0.1) is 0 Å². The molecule has 102 valence electrons. The normalized spacial score (nSPS) is 15.4. The molecule has 0 unspecified atom stereocenters. The highest BCUT2D eigenvalue weighted by atomic mass is 16.4. The van der Waals surface area contributed by atoms with Crippen molar-refractivity contribution in [2.45, 2.75) is 19.8 Å². The summed E-state index contributed by atoms with van der Waals surface area (Å²) in [7, 11) is 0. The van der Waals surface area contributed by atoms with Gasteiger partial charge in [-0.1, -0.05) is 0 Å². The van der Waals surface area contributed by atoms with Gasteiger partial charge in [-0.25, -0.2) is 4.79 Å². The summed E-state index contributed by atoms with van der Waals surface area (Å²) in [5, 5.41) is 11.1. The van der Waals surface area contributed by atoms with Crippen LogP contribution in [0.5, 0.6) is 0 Å². The molecule has 1 aliphatic heterocycles. The van der Waals surface area contributed by atoms with Gasteiger partial charge in [0.15, 0.2) is 0 Å². The molecule has 3 amide bonds. The fourth-order valence-corrected chi connectivity index (χ4v) is 1.77. The Morgan fingerprint density at radius 3 is 2.17 bits per heavy atom. The van der Waals surface area contributed by atoms with Gasteiger partial charge in [0.2, 0.25) is 5.91 Å². The summed E-state index contributed by atoms with van der Waals surface area (Å²) >= 11 is 0. The van der Waals surface area contributed by atoms with Gasteiger partial charge < -0.3 is 20.2 Å². The van der Waals surface area contributed by atoms with Crippen LogP contribution in [0.25, 0.3) is 0 Å². The van der Waals surface area contributed by atoms with E-state index in [0.29, 0.717) is 39.1 Å². The summed E-state index contributed by atoms with van der Waals surface area (Å²) in [6, 6.07) is -0.191. The first-order valence-corrected chi connectivity index (χ1v) is 6.01. The highest BCUT2D eigenvalue weighted by Crippen LogP contribution is 2.02. The third kappa shape index (κ3) is 4.60. The highest BCUT2D eigenvalue weighted by Gasteiger charge is 2.21. The number of piperazine rings is 1. The van der Waals surface area contributed by atoms with Crippen LogP contribution in [-0.2, 0) is 9.59 Å². The van der Waals surface area contributed by atoms with Crippen LogP contribution in [0.4, 0.5) is 4.79 Å². The number of carbonyl (C=O) groups is 3. The van der Waals surface area contributed by atoms with Crippen LogP contribution in [0.3, 0.4) is 0 Å². The largest absolute Gasteiger partial charge is 0.481 e. The molecule has 2 N–H and O–H groups in total. The first-order chi connectivity index (χ1) is 8.50. The predicted octanol–water partition coefficient (Wildman–Crippen LogP) is -0.275. The fraction of sp³-hybridized carbons (Fsp3) is 0.727. The lowest BCUT2D eigenvalue weighted by Crippen LogP contribution is -2.52. The number of rotatable bonds is 4. The fourth-order valence-electron chi connectivity index (χ4n) is 1.77. The molecule has 0 radical (unpaired) electrons. The molecule has 1 saturated heterocycles. The third-order valence-electron chi connectivity index (χ3n) is 2.86. The molecule has 0 atom stereocenters. The Hall–Kier alpha value is -1.79. The standard InChI is InChI=1S/C11H19N3O4/c1-9(15)13-5-7-14(8-6-13)11(18)12-4-2-3-10(16)17/h2-8H2,1H3,(H,12,18)(H,16,17). The number of carboxylic acid groups (broad SMARTS) is 1. The van der Waals surface area contributed by atoms with Gasteiger partial charge in [-0.2, -0.15) is 0 Å². The molecule has 7 heteroatoms. The first kappa shape index (κ1) is 14.3. The summed E-state index contributed by atoms with van der Waals surface area (Å²) in [4.78, 5) is 36.4. The molecule has 18 heavy (non-hydrogen) atoms. The van der Waals surface area contributed by atoms with Crippen LogP contribution < -0.4 is 5.32 Å². The lowest BCUT2D eigenvalue weighted by atomic mass is 10.3. The average Bonchev–Trinajstić information content (AvgIpc) is 2.34. The van der Waals surface area contributed by atoms with Crippen molar-refractivity contribution in [3.05, 3.63) is 0 Å². The van der Waals surface area contributed by atoms with Crippen molar-refractivity contribution in [2.24, 2.45) is 0 Å². The summed E-state index contributed by atoms with van der Waals surface area (Å²) < 4.78 is 0. The number of hydrogen-bond donors (Lipinski definition) is 2. The smallest absolute Gasteiger partial charge is 0.317 e. The van der Waals surface area contributed by atoms with E-state index in [1.165, 1.54) is 6.92 Å². The SMILES string of the molecule is CC(=O)N1CCN(C(=O)NCCCC(=O)O)CC1. The molecule has 0 saturated carbocycles. The van der Waals surface area contributed by atoms with E-state index in [4.69, 9.17) is 5.11 Å². The number of aliphatic carboxylic acids is 1. The van der Waals surface area contributed by atoms with Gasteiger partial charge in [0.05, 0.1) is 0 Å². The molecule has 0 spiro atoms. The molecule has 0 aromatic rings. The van der Waals surface area contributed by atoms with Gasteiger partial charge in [-0.05, 0) is 6.42 Å². The van der Waals surface area contributed by atoms with E-state index < -0.39 is 5.97 Å². The molecule has 1 aliphatic rings. The molecule has 0 aromatic carbocycles. The molecule has 1 rings (SSSR count). The zero-order valence-corrected chi connectivity index (χ0v) is 10.5. The van der Waals surface area contributed by atoms with Gasteiger partial charge in [0.25, 0.3) is 0 Å². The Bertz CT molecular complexity index is 324. The van der Waals surface area contributed by atoms with Crippen molar-refractivity contribution in [1.82, 2.24) is 15.1 Å². The topological polar surface area (TPSA) is 90.0 Å². The van der Waals surface area contributed by atoms with Gasteiger partial charge >= 0.3 is 12.0 Å². The van der Waals surface area contributed by atoms with Crippen molar-refractivity contribution >= 4 is 17.9 Å². The van der Waals surface area contributed by atoms with Crippen molar-refractivity contribution in [3.63, 3.8) is 0 Å². The number of nitrogens with zero attached hydrogens (tertiary/aromatic N) is 2. The minimum absolute atomic E-state index is 0.0246. The molecule has 0 aromatic heterocycles. The second kappa shape index (κ2) is 6.83. The average molecular weight is 257 g/mol. The number of carboxylic acids is 1. The van der Waals surface area contributed by atoms with Crippen LogP contribution in [0.2, 0.25) is 0 Å². The van der Waals surface area contributed by atoms with E-state index >= 15 is 0 Å². The summed E-state index contributed by atoms with van der Waals surface area (Å²) in [6.45, 7) is 4.02. The van der Waals surface area contributed by atoms with Crippen molar-refractivity contribution < 1.29 is 19.5 Å². The maximum absolute atomic E-state index is 11.7. The maximum atomic E-state index is 11.7. The van der Waals surface area contributed by atoms with Crippen LogP contribution in [-0.4, -0.2) is 65.5 Å². The first-order valence-electron chi connectivity index (χ1n) is 6.01. The minimum atomic E-state index is -0.862. The molecule has 0 bridgehead atoms. The quantitative estimate of drug-likeness (QED) is 0.678. The second-order valence-corrected chi connectivity index (χ2v) is 4.22. The second-order valence-electron chi connectivity index (χ2n) is 4.22. The number of hydrogen-bond acceptors (Lipinski definition) is 3. The van der Waals surface area contributed by atoms with Crippen molar-refractivity contribution in [1.29, 1.82) is 0 Å². The highest BCUT2D eigenvalue weighted by molar-refractivity contribution is 5.76. The Balaban J connectivity index is 2.20. The van der Waals surface area contributed by atoms with E-state index in [9.17, 15) is 14.4 Å². The van der Waals surface area contributed by atoms with Crippen LogP contribution in [0.1, 0.15) is 19.8 Å². The van der Waals surface area contributed by atoms with E-state index in [-0.39, 0.29) is 18.4 Å². The van der Waals surface area contributed by atoms with E-state index in [0.717, 1.165) is 0 Å². The zero-order valence-electron chi connectivity index (χ0n) is 10.5. The van der Waals surface area contributed by atoms with E-state index in [1.807, 2.05) is 0 Å². The van der Waals surface area contributed by atoms with Crippen molar-refractivity contribution in [3.8, 4) is 0 Å². The third-order valence-corrected chi connectivity index (χ3v) is 2.86. The predicted molar refractivity (Wildman–Crippen MR) is 64.1 cm³/mol. The van der Waals surface area contributed by atoms with E-state index in [2.05, 4.69) is 5.32 Å². The summed E-state index contributed by atoms with van der Waals surface area (Å²) in [5.41, 5.74) is 0. The monoisotopic (exact) mass is 257 g/mol.